The number of pyridine rings is 1. The van der Waals surface area contributed by atoms with E-state index in [-0.39, 0.29) is 12.3 Å². The van der Waals surface area contributed by atoms with E-state index >= 15 is 0 Å². The number of halogens is 1. The molecule has 0 unspecified atom stereocenters. The summed E-state index contributed by atoms with van der Waals surface area (Å²) in [7, 11) is 0. The first-order valence-corrected chi connectivity index (χ1v) is 5.89. The normalized spacial score (nSPS) is 9.95. The third-order valence-electron chi connectivity index (χ3n) is 2.32. The molecule has 0 saturated carbocycles. The van der Waals surface area contributed by atoms with E-state index in [4.69, 9.17) is 16.3 Å². The maximum atomic E-state index is 11.5. The Kier molecular flexibility index (Phi) is 4.20. The monoisotopic (exact) mass is 278 g/mol. The number of aromatic nitrogens is 1. The topological polar surface area (TPSA) is 71.2 Å². The van der Waals surface area contributed by atoms with E-state index in [9.17, 15) is 9.59 Å². The van der Waals surface area contributed by atoms with Crippen LogP contribution in [0.5, 0.6) is 0 Å². The van der Waals surface area contributed by atoms with E-state index in [2.05, 4.69) is 10.3 Å². The number of aromatic amines is 1. The van der Waals surface area contributed by atoms with E-state index in [0.29, 0.717) is 5.02 Å². The van der Waals surface area contributed by atoms with E-state index in [0.717, 1.165) is 5.56 Å². The van der Waals surface area contributed by atoms with Crippen molar-refractivity contribution in [2.45, 2.75) is 6.61 Å². The van der Waals surface area contributed by atoms with Gasteiger partial charge in [0.15, 0.2) is 0 Å². The van der Waals surface area contributed by atoms with Crippen molar-refractivity contribution in [1.29, 1.82) is 0 Å². The van der Waals surface area contributed by atoms with Gasteiger partial charge in [0, 0.05) is 6.20 Å². The van der Waals surface area contributed by atoms with E-state index in [1.807, 2.05) is 30.3 Å². The zero-order chi connectivity index (χ0) is 13.7. The molecule has 0 atom stereocenters. The number of rotatable bonds is 3. The first-order chi connectivity index (χ1) is 9.15. The van der Waals surface area contributed by atoms with Crippen LogP contribution in [-0.2, 0) is 11.3 Å². The van der Waals surface area contributed by atoms with Crippen molar-refractivity contribution in [2.75, 3.05) is 5.32 Å². The zero-order valence-corrected chi connectivity index (χ0v) is 10.6. The lowest BCUT2D eigenvalue weighted by Crippen LogP contribution is -2.20. The Bertz CT molecular complexity index is 625. The molecule has 19 heavy (non-hydrogen) atoms. The highest BCUT2D eigenvalue weighted by atomic mass is 35.5. The number of carbonyl (C=O) groups excluding carboxylic acids is 1. The van der Waals surface area contributed by atoms with Gasteiger partial charge in [-0.15, -0.1) is 0 Å². The van der Waals surface area contributed by atoms with Crippen molar-refractivity contribution in [3.63, 3.8) is 0 Å². The summed E-state index contributed by atoms with van der Waals surface area (Å²) in [5.74, 6) is 0. The van der Waals surface area contributed by atoms with Crippen molar-refractivity contribution in [1.82, 2.24) is 4.98 Å². The molecule has 0 aliphatic carbocycles. The van der Waals surface area contributed by atoms with Gasteiger partial charge in [-0.05, 0) is 11.6 Å². The number of anilines is 1. The Balaban J connectivity index is 1.95. The van der Waals surface area contributed by atoms with Crippen LogP contribution >= 0.6 is 11.6 Å². The van der Waals surface area contributed by atoms with Crippen LogP contribution in [0.1, 0.15) is 5.56 Å². The van der Waals surface area contributed by atoms with Gasteiger partial charge in [-0.2, -0.15) is 0 Å². The van der Waals surface area contributed by atoms with Crippen LogP contribution in [0.25, 0.3) is 0 Å². The number of H-pyrrole nitrogens is 1. The van der Waals surface area contributed by atoms with Crippen molar-refractivity contribution in [3.8, 4) is 0 Å². The Hall–Kier alpha value is -2.27. The Labute approximate surface area is 114 Å². The summed E-state index contributed by atoms with van der Waals surface area (Å²) in [5.41, 5.74) is 0.462. The summed E-state index contributed by atoms with van der Waals surface area (Å²) >= 11 is 5.71. The third kappa shape index (κ3) is 3.86. The van der Waals surface area contributed by atoms with Crippen molar-refractivity contribution in [3.05, 3.63) is 63.5 Å². The average molecular weight is 279 g/mol. The molecular weight excluding hydrogens is 268 g/mol. The van der Waals surface area contributed by atoms with Gasteiger partial charge in [-0.3, -0.25) is 10.1 Å². The molecule has 1 heterocycles. The summed E-state index contributed by atoms with van der Waals surface area (Å²) in [5, 5.41) is 2.65. The molecule has 1 aromatic heterocycles. The van der Waals surface area contributed by atoms with Crippen molar-refractivity contribution < 1.29 is 9.53 Å². The quantitative estimate of drug-likeness (QED) is 0.907. The molecule has 5 nitrogen and oxygen atoms in total. The molecule has 0 spiro atoms. The first-order valence-electron chi connectivity index (χ1n) is 5.51. The van der Waals surface area contributed by atoms with Crippen LogP contribution in [0, 0.1) is 0 Å². The number of benzene rings is 1. The molecule has 2 aromatic rings. The lowest BCUT2D eigenvalue weighted by atomic mass is 10.2. The number of hydrogen-bond donors (Lipinski definition) is 2. The highest BCUT2D eigenvalue weighted by Gasteiger charge is 2.07. The highest BCUT2D eigenvalue weighted by molar-refractivity contribution is 6.30. The van der Waals surface area contributed by atoms with Crippen LogP contribution < -0.4 is 10.9 Å². The standard InChI is InChI=1S/C13H11ClN2O3/c14-10-6-11(12(17)15-7-10)16-13(18)19-8-9-4-2-1-3-5-9/h1-7H,8H2,(H,15,17)(H,16,18). The number of carbonyl (C=O) groups is 1. The van der Waals surface area contributed by atoms with Crippen molar-refractivity contribution >= 4 is 23.4 Å². The van der Waals surface area contributed by atoms with Crippen LogP contribution in [0.2, 0.25) is 5.02 Å². The molecule has 0 fully saturated rings. The van der Waals surface area contributed by atoms with Crippen LogP contribution in [0.15, 0.2) is 47.4 Å². The zero-order valence-electron chi connectivity index (χ0n) is 9.85. The molecule has 6 heteroatoms. The molecule has 0 aliphatic heterocycles. The first kappa shape index (κ1) is 13.2. The fourth-order valence-electron chi connectivity index (χ4n) is 1.42. The molecule has 0 aliphatic rings. The van der Waals surface area contributed by atoms with Gasteiger partial charge in [0.1, 0.15) is 12.3 Å². The number of nitrogens with one attached hydrogen (secondary N) is 2. The Morgan fingerprint density at radius 1 is 1.32 bits per heavy atom. The second kappa shape index (κ2) is 6.06. The summed E-state index contributed by atoms with van der Waals surface area (Å²) in [4.78, 5) is 25.3. The van der Waals surface area contributed by atoms with E-state index in [1.165, 1.54) is 12.3 Å². The SMILES string of the molecule is O=C(Nc1cc(Cl)c[nH]c1=O)OCc1ccccc1. The van der Waals surface area contributed by atoms with Gasteiger partial charge in [0.2, 0.25) is 0 Å². The fraction of sp³-hybridized carbons (Fsp3) is 0.0769. The smallest absolute Gasteiger partial charge is 0.412 e. The number of amides is 1. The Morgan fingerprint density at radius 2 is 2.05 bits per heavy atom. The van der Waals surface area contributed by atoms with Crippen molar-refractivity contribution in [2.24, 2.45) is 0 Å². The largest absolute Gasteiger partial charge is 0.444 e. The van der Waals surface area contributed by atoms with Gasteiger partial charge in [0.05, 0.1) is 5.02 Å². The predicted octanol–water partition coefficient (Wildman–Crippen LogP) is 2.78. The minimum Gasteiger partial charge on any atom is -0.444 e. The van der Waals surface area contributed by atoms with Crippen LogP contribution in [-0.4, -0.2) is 11.1 Å². The molecule has 0 bridgehead atoms. The average Bonchev–Trinajstić information content (AvgIpc) is 2.42. The van der Waals surface area contributed by atoms with Crippen LogP contribution in [0.4, 0.5) is 10.5 Å². The van der Waals surface area contributed by atoms with E-state index in [1.54, 1.807) is 0 Å². The Morgan fingerprint density at radius 3 is 2.79 bits per heavy atom. The van der Waals surface area contributed by atoms with Gasteiger partial charge in [-0.25, -0.2) is 4.79 Å². The third-order valence-corrected chi connectivity index (χ3v) is 2.54. The number of hydrogen-bond acceptors (Lipinski definition) is 3. The van der Waals surface area contributed by atoms with Crippen LogP contribution in [0.3, 0.4) is 0 Å². The van der Waals surface area contributed by atoms with Gasteiger partial charge in [0.25, 0.3) is 5.56 Å². The van der Waals surface area contributed by atoms with E-state index < -0.39 is 11.7 Å². The second-order valence-electron chi connectivity index (χ2n) is 3.75. The molecule has 2 N–H and O–H groups in total. The highest BCUT2D eigenvalue weighted by Crippen LogP contribution is 2.09. The maximum Gasteiger partial charge on any atom is 0.412 e. The minimum atomic E-state index is -0.711. The molecule has 1 amide bonds. The molecule has 0 radical (unpaired) electrons. The summed E-state index contributed by atoms with van der Waals surface area (Å²) in [6.07, 6.45) is 0.626. The fourth-order valence-corrected chi connectivity index (χ4v) is 1.58. The molecule has 0 saturated heterocycles. The molecule has 2 rings (SSSR count). The lowest BCUT2D eigenvalue weighted by molar-refractivity contribution is 0.155. The second-order valence-corrected chi connectivity index (χ2v) is 4.18. The predicted molar refractivity (Wildman–Crippen MR) is 72.3 cm³/mol. The van der Waals surface area contributed by atoms with Gasteiger partial charge >= 0.3 is 6.09 Å². The summed E-state index contributed by atoms with van der Waals surface area (Å²) in [6, 6.07) is 10.6. The molecule has 1 aromatic carbocycles. The lowest BCUT2D eigenvalue weighted by Gasteiger charge is -2.06. The maximum absolute atomic E-state index is 11.5. The number of ether oxygens (including phenoxy) is 1. The van der Waals surface area contributed by atoms with Gasteiger partial charge in [-0.1, -0.05) is 41.9 Å². The van der Waals surface area contributed by atoms with Gasteiger partial charge < -0.3 is 9.72 Å². The summed E-state index contributed by atoms with van der Waals surface area (Å²) < 4.78 is 4.98. The minimum absolute atomic E-state index is 0.0468. The molecule has 98 valence electrons. The summed E-state index contributed by atoms with van der Waals surface area (Å²) in [6.45, 7) is 0.130. The molecular formula is C13H11ClN2O3.